The van der Waals surface area contributed by atoms with Gasteiger partial charge in [-0.2, -0.15) is 0 Å². The summed E-state index contributed by atoms with van der Waals surface area (Å²) in [4.78, 5) is 8.56. The summed E-state index contributed by atoms with van der Waals surface area (Å²) in [5.74, 6) is 0. The third kappa shape index (κ3) is 11.8. The topological polar surface area (TPSA) is 57.5 Å². The normalized spacial score (nSPS) is 16.7. The highest BCUT2D eigenvalue weighted by Crippen LogP contribution is 2.09. The lowest BCUT2D eigenvalue weighted by Gasteiger charge is -2.00. The van der Waals surface area contributed by atoms with Gasteiger partial charge in [0.1, 0.15) is 0 Å². The van der Waals surface area contributed by atoms with Gasteiger partial charge in [-0.1, -0.05) is 25.0 Å². The molecule has 70 valence electrons. The first-order chi connectivity index (χ1) is 5.73. The highest BCUT2D eigenvalue weighted by Gasteiger charge is 1.89. The molecular formula is C9H16O3. The van der Waals surface area contributed by atoms with Crippen molar-refractivity contribution in [3.63, 3.8) is 0 Å². The Hall–Kier alpha value is -0.990. The molecule has 0 saturated heterocycles. The van der Waals surface area contributed by atoms with E-state index in [-0.39, 0.29) is 0 Å². The highest BCUT2D eigenvalue weighted by molar-refractivity contribution is 5.53. The van der Waals surface area contributed by atoms with E-state index >= 15 is 0 Å². The predicted octanol–water partition coefficient (Wildman–Crippen LogP) is 3.12. The molecule has 0 radical (unpaired) electrons. The van der Waals surface area contributed by atoms with Crippen LogP contribution in [0.1, 0.15) is 38.5 Å². The first-order valence-corrected chi connectivity index (χ1v) is 4.30. The van der Waals surface area contributed by atoms with Crippen LogP contribution in [-0.4, -0.2) is 16.4 Å². The quantitative estimate of drug-likeness (QED) is 0.552. The maximum Gasteiger partial charge on any atom is 0.503 e. The molecule has 3 nitrogen and oxygen atoms in total. The monoisotopic (exact) mass is 172 g/mol. The highest BCUT2D eigenvalue weighted by atomic mass is 16.6. The Bertz CT molecular complexity index is 127. The minimum Gasteiger partial charge on any atom is -0.450 e. The minimum absolute atomic E-state index is 1.32. The molecule has 0 aromatic heterocycles. The van der Waals surface area contributed by atoms with Crippen LogP contribution in [0.25, 0.3) is 0 Å². The summed E-state index contributed by atoms with van der Waals surface area (Å²) in [6.07, 6.45) is 11.2. The second-order valence-electron chi connectivity index (χ2n) is 2.75. The van der Waals surface area contributed by atoms with Gasteiger partial charge >= 0.3 is 6.16 Å². The second-order valence-corrected chi connectivity index (χ2v) is 2.75. The fraction of sp³-hybridized carbons (Fsp3) is 0.667. The Morgan fingerprint density at radius 2 is 1.25 bits per heavy atom. The predicted molar refractivity (Wildman–Crippen MR) is 47.5 cm³/mol. The van der Waals surface area contributed by atoms with E-state index in [1.807, 2.05) is 0 Å². The van der Waals surface area contributed by atoms with Crippen LogP contribution in [-0.2, 0) is 0 Å². The van der Waals surface area contributed by atoms with Gasteiger partial charge in [0, 0.05) is 0 Å². The fourth-order valence-corrected chi connectivity index (χ4v) is 1.11. The largest absolute Gasteiger partial charge is 0.503 e. The van der Waals surface area contributed by atoms with Crippen molar-refractivity contribution in [2.75, 3.05) is 0 Å². The number of carboxylic acid groups (broad SMARTS) is 2. The molecule has 1 aliphatic carbocycles. The van der Waals surface area contributed by atoms with E-state index in [9.17, 15) is 0 Å². The van der Waals surface area contributed by atoms with Gasteiger partial charge in [0.15, 0.2) is 0 Å². The van der Waals surface area contributed by atoms with Gasteiger partial charge in [-0.15, -0.1) is 0 Å². The van der Waals surface area contributed by atoms with Crippen molar-refractivity contribution < 1.29 is 15.0 Å². The van der Waals surface area contributed by atoms with Crippen LogP contribution in [0.4, 0.5) is 4.79 Å². The van der Waals surface area contributed by atoms with E-state index in [1.54, 1.807) is 0 Å². The third-order valence-corrected chi connectivity index (χ3v) is 1.66. The van der Waals surface area contributed by atoms with E-state index in [4.69, 9.17) is 15.0 Å². The van der Waals surface area contributed by atoms with Crippen LogP contribution in [0.15, 0.2) is 12.2 Å². The van der Waals surface area contributed by atoms with E-state index in [0.29, 0.717) is 0 Å². The SMILES string of the molecule is C1=CCCCCCC1.O=C(O)O. The molecule has 0 bridgehead atoms. The van der Waals surface area contributed by atoms with Crippen molar-refractivity contribution in [2.24, 2.45) is 0 Å². The molecule has 0 aromatic rings. The van der Waals surface area contributed by atoms with Crippen molar-refractivity contribution in [3.05, 3.63) is 12.2 Å². The van der Waals surface area contributed by atoms with Crippen LogP contribution in [0.5, 0.6) is 0 Å². The zero-order chi connectivity index (χ0) is 9.23. The number of allylic oxidation sites excluding steroid dienone is 2. The van der Waals surface area contributed by atoms with Gasteiger partial charge in [-0.3, -0.25) is 0 Å². The Morgan fingerprint density at radius 1 is 0.917 bits per heavy atom. The summed E-state index contributed by atoms with van der Waals surface area (Å²) in [5.41, 5.74) is 0. The molecule has 0 amide bonds. The summed E-state index contributed by atoms with van der Waals surface area (Å²) < 4.78 is 0. The molecule has 1 aliphatic rings. The van der Waals surface area contributed by atoms with E-state index in [2.05, 4.69) is 12.2 Å². The van der Waals surface area contributed by atoms with E-state index < -0.39 is 6.16 Å². The van der Waals surface area contributed by atoms with E-state index in [1.165, 1.54) is 38.5 Å². The van der Waals surface area contributed by atoms with Crippen LogP contribution < -0.4 is 0 Å². The molecule has 0 saturated carbocycles. The number of rotatable bonds is 0. The van der Waals surface area contributed by atoms with Crippen LogP contribution >= 0.6 is 0 Å². The Balaban J connectivity index is 0.000000261. The molecule has 2 N–H and O–H groups in total. The summed E-state index contributed by atoms with van der Waals surface area (Å²) in [5, 5.41) is 13.9. The molecule has 0 fully saturated rings. The maximum atomic E-state index is 8.56. The van der Waals surface area contributed by atoms with Crippen molar-refractivity contribution >= 4 is 6.16 Å². The molecule has 0 aliphatic heterocycles. The third-order valence-electron chi connectivity index (χ3n) is 1.66. The van der Waals surface area contributed by atoms with Crippen molar-refractivity contribution in [3.8, 4) is 0 Å². The molecular weight excluding hydrogens is 156 g/mol. The molecule has 12 heavy (non-hydrogen) atoms. The molecule has 0 aromatic carbocycles. The number of carbonyl (C=O) groups is 1. The lowest BCUT2D eigenvalue weighted by Crippen LogP contribution is -1.81. The molecule has 0 spiro atoms. The van der Waals surface area contributed by atoms with Gasteiger partial charge in [0.05, 0.1) is 0 Å². The molecule has 1 rings (SSSR count). The van der Waals surface area contributed by atoms with Crippen LogP contribution in [0.3, 0.4) is 0 Å². The number of hydrogen-bond donors (Lipinski definition) is 2. The van der Waals surface area contributed by atoms with Crippen molar-refractivity contribution in [1.82, 2.24) is 0 Å². The lowest BCUT2D eigenvalue weighted by atomic mass is 10.1. The smallest absolute Gasteiger partial charge is 0.450 e. The Morgan fingerprint density at radius 3 is 1.58 bits per heavy atom. The average Bonchev–Trinajstić information content (AvgIpc) is 1.82. The van der Waals surface area contributed by atoms with E-state index in [0.717, 1.165) is 0 Å². The zero-order valence-corrected chi connectivity index (χ0v) is 7.20. The van der Waals surface area contributed by atoms with Crippen LogP contribution in [0, 0.1) is 0 Å². The Kier molecular flexibility index (Phi) is 7.44. The second kappa shape index (κ2) is 8.11. The average molecular weight is 172 g/mol. The summed E-state index contributed by atoms with van der Waals surface area (Å²) >= 11 is 0. The molecule has 0 unspecified atom stereocenters. The van der Waals surface area contributed by atoms with Gasteiger partial charge in [-0.25, -0.2) is 4.79 Å². The van der Waals surface area contributed by atoms with Gasteiger partial charge in [0.2, 0.25) is 0 Å². The minimum atomic E-state index is -1.83. The Labute approximate surface area is 72.7 Å². The summed E-state index contributed by atoms with van der Waals surface area (Å²) in [7, 11) is 0. The first kappa shape index (κ1) is 11.0. The maximum absolute atomic E-state index is 8.56. The number of hydrogen-bond acceptors (Lipinski definition) is 1. The van der Waals surface area contributed by atoms with Crippen LogP contribution in [0.2, 0.25) is 0 Å². The summed E-state index contributed by atoms with van der Waals surface area (Å²) in [6.45, 7) is 0. The molecule has 0 atom stereocenters. The van der Waals surface area contributed by atoms with Gasteiger partial charge in [-0.05, 0) is 25.7 Å². The zero-order valence-electron chi connectivity index (χ0n) is 7.20. The van der Waals surface area contributed by atoms with Gasteiger partial charge < -0.3 is 10.2 Å². The fourth-order valence-electron chi connectivity index (χ4n) is 1.11. The first-order valence-electron chi connectivity index (χ1n) is 4.30. The summed E-state index contributed by atoms with van der Waals surface area (Å²) in [6, 6.07) is 0. The standard InChI is InChI=1S/C8H14.CH2O3/c1-2-4-6-8-7-5-3-1;2-1(3)4/h1-2H,3-8H2;(H2,2,3,4). The van der Waals surface area contributed by atoms with Crippen molar-refractivity contribution in [1.29, 1.82) is 0 Å². The lowest BCUT2D eigenvalue weighted by molar-refractivity contribution is 0.137. The van der Waals surface area contributed by atoms with Crippen molar-refractivity contribution in [2.45, 2.75) is 38.5 Å². The molecule has 0 heterocycles. The van der Waals surface area contributed by atoms with Gasteiger partial charge in [0.25, 0.3) is 0 Å². The molecule has 3 heteroatoms.